The lowest BCUT2D eigenvalue weighted by molar-refractivity contribution is -0.131. The molecule has 0 spiro atoms. The van der Waals surface area contributed by atoms with Crippen molar-refractivity contribution in [3.05, 3.63) is 23.3 Å². The molecule has 1 heterocycles. The van der Waals surface area contributed by atoms with Gasteiger partial charge in [-0.05, 0) is 43.9 Å². The normalized spacial score (nSPS) is 15.1. The second kappa shape index (κ2) is 6.64. The summed E-state index contributed by atoms with van der Waals surface area (Å²) in [5.41, 5.74) is 1.91. The van der Waals surface area contributed by atoms with E-state index in [4.69, 9.17) is 9.47 Å². The molecular weight excluding hydrogens is 254 g/mol. The minimum Gasteiger partial charge on any atom is -0.496 e. The molecule has 1 fully saturated rings. The fourth-order valence-corrected chi connectivity index (χ4v) is 2.67. The van der Waals surface area contributed by atoms with Crippen molar-refractivity contribution in [2.45, 2.75) is 32.6 Å². The van der Waals surface area contributed by atoms with Crippen molar-refractivity contribution in [1.29, 1.82) is 0 Å². The van der Waals surface area contributed by atoms with Crippen LogP contribution in [0.25, 0.3) is 0 Å². The molecule has 0 atom stereocenters. The fraction of sp³-hybridized carbons (Fsp3) is 0.562. The van der Waals surface area contributed by atoms with Gasteiger partial charge in [0, 0.05) is 18.7 Å². The zero-order chi connectivity index (χ0) is 14.5. The monoisotopic (exact) mass is 277 g/mol. The number of benzene rings is 1. The van der Waals surface area contributed by atoms with Crippen molar-refractivity contribution in [2.75, 3.05) is 27.3 Å². The molecule has 1 aliphatic heterocycles. The number of ether oxygens (including phenoxy) is 2. The van der Waals surface area contributed by atoms with Gasteiger partial charge in [-0.2, -0.15) is 0 Å². The number of hydrogen-bond acceptors (Lipinski definition) is 3. The highest BCUT2D eigenvalue weighted by atomic mass is 16.5. The molecule has 1 saturated heterocycles. The fourth-order valence-electron chi connectivity index (χ4n) is 2.67. The van der Waals surface area contributed by atoms with Crippen LogP contribution in [0, 0.1) is 6.92 Å². The minimum absolute atomic E-state index is 0.175. The van der Waals surface area contributed by atoms with Crippen LogP contribution in [0.3, 0.4) is 0 Å². The molecule has 110 valence electrons. The molecule has 0 bridgehead atoms. The van der Waals surface area contributed by atoms with E-state index in [1.807, 2.05) is 24.0 Å². The molecule has 0 unspecified atom stereocenters. The van der Waals surface area contributed by atoms with E-state index in [0.717, 1.165) is 48.6 Å². The van der Waals surface area contributed by atoms with Crippen LogP contribution in [0.15, 0.2) is 12.1 Å². The molecule has 0 aromatic heterocycles. The van der Waals surface area contributed by atoms with E-state index in [1.165, 1.54) is 6.42 Å². The Balaban J connectivity index is 2.16. The van der Waals surface area contributed by atoms with Gasteiger partial charge < -0.3 is 14.4 Å². The molecule has 2 rings (SSSR count). The van der Waals surface area contributed by atoms with Crippen molar-refractivity contribution in [1.82, 2.24) is 4.90 Å². The maximum atomic E-state index is 12.3. The molecule has 1 amide bonds. The van der Waals surface area contributed by atoms with Gasteiger partial charge in [-0.25, -0.2) is 0 Å². The highest BCUT2D eigenvalue weighted by Crippen LogP contribution is 2.29. The van der Waals surface area contributed by atoms with Gasteiger partial charge in [-0.3, -0.25) is 4.79 Å². The Morgan fingerprint density at radius 1 is 1.10 bits per heavy atom. The van der Waals surface area contributed by atoms with E-state index >= 15 is 0 Å². The van der Waals surface area contributed by atoms with E-state index in [-0.39, 0.29) is 5.91 Å². The van der Waals surface area contributed by atoms with Crippen LogP contribution in [-0.4, -0.2) is 38.1 Å². The van der Waals surface area contributed by atoms with E-state index in [2.05, 4.69) is 0 Å². The Morgan fingerprint density at radius 2 is 1.75 bits per heavy atom. The number of methoxy groups -OCH3 is 2. The van der Waals surface area contributed by atoms with Crippen LogP contribution in [0.5, 0.6) is 11.5 Å². The zero-order valence-electron chi connectivity index (χ0n) is 12.6. The Kier molecular flexibility index (Phi) is 4.88. The third-order valence-corrected chi connectivity index (χ3v) is 3.85. The second-order valence-electron chi connectivity index (χ2n) is 5.25. The van der Waals surface area contributed by atoms with E-state index in [9.17, 15) is 4.79 Å². The summed E-state index contributed by atoms with van der Waals surface area (Å²) in [6.45, 7) is 3.73. The number of piperidine rings is 1. The van der Waals surface area contributed by atoms with Crippen LogP contribution >= 0.6 is 0 Å². The lowest BCUT2D eigenvalue weighted by Crippen LogP contribution is -2.36. The zero-order valence-corrected chi connectivity index (χ0v) is 12.6. The van der Waals surface area contributed by atoms with Crippen LogP contribution in [-0.2, 0) is 11.2 Å². The van der Waals surface area contributed by atoms with Crippen molar-refractivity contribution < 1.29 is 14.3 Å². The molecule has 20 heavy (non-hydrogen) atoms. The number of likely N-dealkylation sites (tertiary alicyclic amines) is 1. The van der Waals surface area contributed by atoms with Gasteiger partial charge in [0.1, 0.15) is 11.5 Å². The first-order valence-electron chi connectivity index (χ1n) is 7.15. The Hall–Kier alpha value is -1.71. The smallest absolute Gasteiger partial charge is 0.227 e. The first kappa shape index (κ1) is 14.7. The van der Waals surface area contributed by atoms with Gasteiger partial charge in [0.05, 0.1) is 20.6 Å². The molecule has 0 N–H and O–H groups in total. The van der Waals surface area contributed by atoms with Crippen LogP contribution < -0.4 is 9.47 Å². The van der Waals surface area contributed by atoms with Gasteiger partial charge >= 0.3 is 0 Å². The molecular formula is C16H23NO3. The predicted octanol–water partition coefficient (Wildman–Crippen LogP) is 2.57. The maximum Gasteiger partial charge on any atom is 0.227 e. The predicted molar refractivity (Wildman–Crippen MR) is 78.4 cm³/mol. The summed E-state index contributed by atoms with van der Waals surface area (Å²) in [6, 6.07) is 3.84. The van der Waals surface area contributed by atoms with Crippen molar-refractivity contribution in [3.63, 3.8) is 0 Å². The highest BCUT2D eigenvalue weighted by Gasteiger charge is 2.19. The average molecular weight is 277 g/mol. The first-order chi connectivity index (χ1) is 9.65. The number of carbonyl (C=O) groups is 1. The molecule has 1 aromatic rings. The van der Waals surface area contributed by atoms with Crippen LogP contribution in [0.1, 0.15) is 30.4 Å². The van der Waals surface area contributed by atoms with E-state index in [1.54, 1.807) is 14.2 Å². The summed E-state index contributed by atoms with van der Waals surface area (Å²) in [5.74, 6) is 1.73. The number of nitrogens with zero attached hydrogens (tertiary/aromatic N) is 1. The lowest BCUT2D eigenvalue weighted by Gasteiger charge is -2.27. The Labute approximate surface area is 120 Å². The highest BCUT2D eigenvalue weighted by molar-refractivity contribution is 5.80. The summed E-state index contributed by atoms with van der Waals surface area (Å²) in [7, 11) is 3.28. The minimum atomic E-state index is 0.175. The molecule has 0 aliphatic carbocycles. The van der Waals surface area contributed by atoms with E-state index < -0.39 is 0 Å². The number of rotatable bonds is 4. The largest absolute Gasteiger partial charge is 0.496 e. The van der Waals surface area contributed by atoms with Crippen molar-refractivity contribution in [2.24, 2.45) is 0 Å². The molecule has 0 saturated carbocycles. The molecule has 1 aliphatic rings. The summed E-state index contributed by atoms with van der Waals surface area (Å²) in [4.78, 5) is 14.3. The standard InChI is InChI=1S/C16H23NO3/c1-12-9-15(20-3)13(10-14(12)19-2)11-16(18)17-7-5-4-6-8-17/h9-10H,4-8,11H2,1-3H3. The summed E-state index contributed by atoms with van der Waals surface area (Å²) < 4.78 is 10.7. The summed E-state index contributed by atoms with van der Waals surface area (Å²) >= 11 is 0. The number of aryl methyl sites for hydroxylation is 1. The van der Waals surface area contributed by atoms with Gasteiger partial charge in [-0.15, -0.1) is 0 Å². The lowest BCUT2D eigenvalue weighted by atomic mass is 10.0. The van der Waals surface area contributed by atoms with Gasteiger partial charge in [0.2, 0.25) is 5.91 Å². The van der Waals surface area contributed by atoms with Gasteiger partial charge in [0.25, 0.3) is 0 Å². The topological polar surface area (TPSA) is 38.8 Å². The first-order valence-corrected chi connectivity index (χ1v) is 7.15. The maximum absolute atomic E-state index is 12.3. The quantitative estimate of drug-likeness (QED) is 0.849. The summed E-state index contributed by atoms with van der Waals surface area (Å²) in [5, 5.41) is 0. The van der Waals surface area contributed by atoms with Crippen LogP contribution in [0.2, 0.25) is 0 Å². The SMILES string of the molecule is COc1cc(CC(=O)N2CCCCC2)c(OC)cc1C. The van der Waals surface area contributed by atoms with Gasteiger partial charge in [-0.1, -0.05) is 0 Å². The second-order valence-corrected chi connectivity index (χ2v) is 5.25. The summed E-state index contributed by atoms with van der Waals surface area (Å²) in [6.07, 6.45) is 3.82. The molecule has 1 aromatic carbocycles. The van der Waals surface area contributed by atoms with Crippen molar-refractivity contribution >= 4 is 5.91 Å². The number of carbonyl (C=O) groups excluding carboxylic acids is 1. The van der Waals surface area contributed by atoms with Crippen molar-refractivity contribution in [3.8, 4) is 11.5 Å². The molecule has 0 radical (unpaired) electrons. The van der Waals surface area contributed by atoms with E-state index in [0.29, 0.717) is 6.42 Å². The average Bonchev–Trinajstić information content (AvgIpc) is 2.49. The molecule has 4 nitrogen and oxygen atoms in total. The molecule has 4 heteroatoms. The Bertz CT molecular complexity index is 479. The third kappa shape index (κ3) is 3.24. The number of hydrogen-bond donors (Lipinski definition) is 0. The third-order valence-electron chi connectivity index (χ3n) is 3.85. The van der Waals surface area contributed by atoms with Crippen LogP contribution in [0.4, 0.5) is 0 Å². The Morgan fingerprint density at radius 3 is 2.35 bits per heavy atom. The number of amides is 1. The van der Waals surface area contributed by atoms with Gasteiger partial charge in [0.15, 0.2) is 0 Å².